The quantitative estimate of drug-likeness (QED) is 0.719. The van der Waals surface area contributed by atoms with Crippen LogP contribution in [0, 0.1) is 11.6 Å². The lowest BCUT2D eigenvalue weighted by Crippen LogP contribution is -2.14. The lowest BCUT2D eigenvalue weighted by atomic mass is 10.1. The van der Waals surface area contributed by atoms with E-state index in [-0.39, 0.29) is 6.04 Å². The summed E-state index contributed by atoms with van der Waals surface area (Å²) >= 11 is 0. The number of halogens is 2. The highest BCUT2D eigenvalue weighted by Gasteiger charge is 2.11. The molecule has 0 aliphatic rings. The molecule has 1 aromatic rings. The van der Waals surface area contributed by atoms with Gasteiger partial charge in [-0.15, -0.1) is 0 Å². The fourth-order valence-electron chi connectivity index (χ4n) is 1.01. The van der Waals surface area contributed by atoms with E-state index in [1.165, 1.54) is 6.07 Å². The summed E-state index contributed by atoms with van der Waals surface area (Å²) in [6.45, 7) is 1.78. The molecule has 0 fully saturated rings. The van der Waals surface area contributed by atoms with E-state index in [2.05, 4.69) is 5.32 Å². The van der Waals surface area contributed by atoms with Crippen LogP contribution < -0.4 is 5.32 Å². The Bertz CT molecular complexity index is 273. The van der Waals surface area contributed by atoms with E-state index < -0.39 is 11.6 Å². The first-order chi connectivity index (χ1) is 5.66. The van der Waals surface area contributed by atoms with Crippen molar-refractivity contribution in [2.24, 2.45) is 0 Å². The Morgan fingerprint density at radius 3 is 2.58 bits per heavy atom. The molecule has 1 N–H and O–H groups in total. The molecule has 0 saturated heterocycles. The molecule has 0 amide bonds. The van der Waals surface area contributed by atoms with Gasteiger partial charge in [0.2, 0.25) is 0 Å². The molecule has 0 bridgehead atoms. The molecule has 0 aliphatic carbocycles. The topological polar surface area (TPSA) is 12.0 Å². The van der Waals surface area contributed by atoms with E-state index in [1.807, 2.05) is 0 Å². The maximum absolute atomic E-state index is 13.0. The molecule has 12 heavy (non-hydrogen) atoms. The standard InChI is InChI=1S/C9H11F2N/c1-6(12-2)7-4-3-5-8(10)9(7)11/h3-6,12H,1-2H3/t6-/m1/s1. The molecule has 1 rings (SSSR count). The van der Waals surface area contributed by atoms with Crippen LogP contribution in [0.15, 0.2) is 18.2 Å². The van der Waals surface area contributed by atoms with Gasteiger partial charge < -0.3 is 5.32 Å². The van der Waals surface area contributed by atoms with Crippen molar-refractivity contribution in [1.29, 1.82) is 0 Å². The van der Waals surface area contributed by atoms with Gasteiger partial charge in [0.15, 0.2) is 11.6 Å². The molecule has 0 radical (unpaired) electrons. The first-order valence-electron chi connectivity index (χ1n) is 3.78. The van der Waals surface area contributed by atoms with Crippen LogP contribution in [-0.4, -0.2) is 7.05 Å². The zero-order valence-electron chi connectivity index (χ0n) is 7.07. The fraction of sp³-hybridized carbons (Fsp3) is 0.333. The van der Waals surface area contributed by atoms with E-state index in [1.54, 1.807) is 20.0 Å². The Labute approximate surface area is 70.4 Å². The summed E-state index contributed by atoms with van der Waals surface area (Å²) in [6.07, 6.45) is 0. The highest BCUT2D eigenvalue weighted by Crippen LogP contribution is 2.17. The zero-order chi connectivity index (χ0) is 9.14. The van der Waals surface area contributed by atoms with Gasteiger partial charge in [-0.2, -0.15) is 0 Å². The van der Waals surface area contributed by atoms with Gasteiger partial charge in [0.05, 0.1) is 0 Å². The monoisotopic (exact) mass is 171 g/mol. The third-order valence-corrected chi connectivity index (χ3v) is 1.88. The van der Waals surface area contributed by atoms with E-state index in [4.69, 9.17) is 0 Å². The molecule has 0 spiro atoms. The lowest BCUT2D eigenvalue weighted by molar-refractivity contribution is 0.482. The van der Waals surface area contributed by atoms with Crippen molar-refractivity contribution < 1.29 is 8.78 Å². The Hall–Kier alpha value is -0.960. The minimum Gasteiger partial charge on any atom is -0.313 e. The molecule has 66 valence electrons. The average Bonchev–Trinajstić information content (AvgIpc) is 2.08. The predicted octanol–water partition coefficient (Wildman–Crippen LogP) is 2.25. The average molecular weight is 171 g/mol. The molecule has 1 aromatic carbocycles. The SMILES string of the molecule is CN[C@H](C)c1cccc(F)c1F. The highest BCUT2D eigenvalue weighted by molar-refractivity contribution is 5.21. The van der Waals surface area contributed by atoms with E-state index in [0.717, 1.165) is 6.07 Å². The van der Waals surface area contributed by atoms with Gasteiger partial charge in [0, 0.05) is 11.6 Å². The van der Waals surface area contributed by atoms with Gasteiger partial charge in [-0.25, -0.2) is 8.78 Å². The van der Waals surface area contributed by atoms with E-state index >= 15 is 0 Å². The summed E-state index contributed by atoms with van der Waals surface area (Å²) in [7, 11) is 1.70. The van der Waals surface area contributed by atoms with Gasteiger partial charge >= 0.3 is 0 Å². The Morgan fingerprint density at radius 1 is 1.33 bits per heavy atom. The van der Waals surface area contributed by atoms with Crippen molar-refractivity contribution in [2.45, 2.75) is 13.0 Å². The molecule has 3 heteroatoms. The second-order valence-corrected chi connectivity index (χ2v) is 2.65. The zero-order valence-corrected chi connectivity index (χ0v) is 7.07. The minimum absolute atomic E-state index is 0.166. The van der Waals surface area contributed by atoms with Crippen LogP contribution in [0.1, 0.15) is 18.5 Å². The molecule has 0 aromatic heterocycles. The molecular formula is C9H11F2N. The Kier molecular flexibility index (Phi) is 2.76. The summed E-state index contributed by atoms with van der Waals surface area (Å²) in [5.41, 5.74) is 0.359. The van der Waals surface area contributed by atoms with Crippen molar-refractivity contribution in [3.05, 3.63) is 35.4 Å². The Balaban J connectivity index is 3.07. The van der Waals surface area contributed by atoms with Gasteiger partial charge in [-0.1, -0.05) is 12.1 Å². The Morgan fingerprint density at radius 2 is 2.00 bits per heavy atom. The van der Waals surface area contributed by atoms with Crippen molar-refractivity contribution in [3.63, 3.8) is 0 Å². The molecule has 0 heterocycles. The van der Waals surface area contributed by atoms with E-state index in [9.17, 15) is 8.78 Å². The number of nitrogens with one attached hydrogen (secondary N) is 1. The number of benzene rings is 1. The highest BCUT2D eigenvalue weighted by atomic mass is 19.2. The molecule has 0 aliphatic heterocycles. The van der Waals surface area contributed by atoms with Crippen LogP contribution in [0.3, 0.4) is 0 Å². The third kappa shape index (κ3) is 1.61. The van der Waals surface area contributed by atoms with Crippen molar-refractivity contribution in [3.8, 4) is 0 Å². The van der Waals surface area contributed by atoms with Crippen LogP contribution >= 0.6 is 0 Å². The summed E-state index contributed by atoms with van der Waals surface area (Å²) in [5, 5.41) is 2.84. The second kappa shape index (κ2) is 3.63. The smallest absolute Gasteiger partial charge is 0.163 e. The van der Waals surface area contributed by atoms with Crippen LogP contribution in [0.5, 0.6) is 0 Å². The summed E-state index contributed by atoms with van der Waals surface area (Å²) in [6, 6.07) is 4.02. The van der Waals surface area contributed by atoms with Crippen molar-refractivity contribution in [1.82, 2.24) is 5.32 Å². The van der Waals surface area contributed by atoms with Crippen molar-refractivity contribution in [2.75, 3.05) is 7.05 Å². The predicted molar refractivity (Wildman–Crippen MR) is 43.8 cm³/mol. The number of rotatable bonds is 2. The summed E-state index contributed by atoms with van der Waals surface area (Å²) < 4.78 is 25.7. The first-order valence-corrected chi connectivity index (χ1v) is 3.78. The molecule has 0 unspecified atom stereocenters. The van der Waals surface area contributed by atoms with Gasteiger partial charge in [0.25, 0.3) is 0 Å². The van der Waals surface area contributed by atoms with Gasteiger partial charge in [0.1, 0.15) is 0 Å². The van der Waals surface area contributed by atoms with Crippen LogP contribution in [-0.2, 0) is 0 Å². The van der Waals surface area contributed by atoms with Crippen LogP contribution in [0.2, 0.25) is 0 Å². The van der Waals surface area contributed by atoms with Crippen LogP contribution in [0.4, 0.5) is 8.78 Å². The molecule has 1 atom stereocenters. The largest absolute Gasteiger partial charge is 0.313 e. The van der Waals surface area contributed by atoms with Gasteiger partial charge in [-0.3, -0.25) is 0 Å². The summed E-state index contributed by atoms with van der Waals surface area (Å²) in [4.78, 5) is 0. The minimum atomic E-state index is -0.797. The lowest BCUT2D eigenvalue weighted by Gasteiger charge is -2.11. The fourth-order valence-corrected chi connectivity index (χ4v) is 1.01. The molecular weight excluding hydrogens is 160 g/mol. The summed E-state index contributed by atoms with van der Waals surface area (Å²) in [5.74, 6) is -1.56. The van der Waals surface area contributed by atoms with E-state index in [0.29, 0.717) is 5.56 Å². The van der Waals surface area contributed by atoms with Gasteiger partial charge in [-0.05, 0) is 20.0 Å². The molecule has 0 saturated carbocycles. The normalized spacial score (nSPS) is 13.0. The molecule has 1 nitrogen and oxygen atoms in total. The van der Waals surface area contributed by atoms with Crippen molar-refractivity contribution >= 4 is 0 Å². The first kappa shape index (κ1) is 9.13. The number of hydrogen-bond acceptors (Lipinski definition) is 1. The van der Waals surface area contributed by atoms with Crippen LogP contribution in [0.25, 0.3) is 0 Å². The maximum Gasteiger partial charge on any atom is 0.163 e. The third-order valence-electron chi connectivity index (χ3n) is 1.88. The maximum atomic E-state index is 13.0. The number of hydrogen-bond donors (Lipinski definition) is 1. The second-order valence-electron chi connectivity index (χ2n) is 2.65.